The van der Waals surface area contributed by atoms with Crippen LogP contribution in [-0.2, 0) is 17.6 Å². The number of hydrogen-bond donors (Lipinski definition) is 3. The SMILES string of the molecule is COc1ccc(C[C@H]2NC[C@H](O)[C@H]2OC(=O)NCCc2ccncc2C#N)cc1. The number of carbonyl (C=O) groups excluding carboxylic acids is 1. The molecule has 0 aliphatic carbocycles. The molecule has 2 aromatic rings. The topological polar surface area (TPSA) is 116 Å². The van der Waals surface area contributed by atoms with E-state index in [0.717, 1.165) is 16.9 Å². The fourth-order valence-corrected chi connectivity index (χ4v) is 3.34. The number of amides is 1. The van der Waals surface area contributed by atoms with Crippen molar-refractivity contribution in [1.29, 1.82) is 5.26 Å². The Bertz CT molecular complexity index is 866. The van der Waals surface area contributed by atoms with E-state index in [1.54, 1.807) is 19.4 Å². The first kappa shape index (κ1) is 20.6. The molecule has 0 spiro atoms. The summed E-state index contributed by atoms with van der Waals surface area (Å²) in [6.45, 7) is 0.679. The fraction of sp³-hybridized carbons (Fsp3) is 0.381. The average Bonchev–Trinajstić information content (AvgIpc) is 3.08. The standard InChI is InChI=1S/C21H24N4O4/c1-28-17-4-2-14(3-5-17)10-18-20(19(26)13-25-18)29-21(27)24-9-7-15-6-8-23-12-16(15)11-22/h2-6,8,12,18-20,25-26H,7,9-10,13H2,1H3,(H,24,27)/t18-,19+,20+/m1/s1. The Kier molecular flexibility index (Phi) is 7.00. The summed E-state index contributed by atoms with van der Waals surface area (Å²) in [7, 11) is 1.61. The molecule has 0 bridgehead atoms. The number of methoxy groups -OCH3 is 1. The third-order valence-corrected chi connectivity index (χ3v) is 4.92. The van der Waals surface area contributed by atoms with Crippen molar-refractivity contribution >= 4 is 6.09 Å². The van der Waals surface area contributed by atoms with Gasteiger partial charge >= 0.3 is 6.09 Å². The molecule has 3 atom stereocenters. The van der Waals surface area contributed by atoms with Gasteiger partial charge in [0, 0.05) is 25.5 Å². The lowest BCUT2D eigenvalue weighted by atomic mass is 10.0. The van der Waals surface area contributed by atoms with Gasteiger partial charge in [0.2, 0.25) is 0 Å². The predicted molar refractivity (Wildman–Crippen MR) is 105 cm³/mol. The Hall–Kier alpha value is -3.15. The molecule has 1 aromatic carbocycles. The minimum atomic E-state index is -0.769. The van der Waals surface area contributed by atoms with E-state index in [9.17, 15) is 9.90 Å². The Morgan fingerprint density at radius 2 is 2.17 bits per heavy atom. The van der Waals surface area contributed by atoms with Crippen LogP contribution >= 0.6 is 0 Å². The molecule has 0 radical (unpaired) electrons. The number of aliphatic hydroxyl groups excluding tert-OH is 1. The molecule has 2 heterocycles. The van der Waals surface area contributed by atoms with Crippen LogP contribution in [0.1, 0.15) is 16.7 Å². The molecule has 1 saturated heterocycles. The van der Waals surface area contributed by atoms with Gasteiger partial charge in [0.05, 0.1) is 18.7 Å². The van der Waals surface area contributed by atoms with Crippen molar-refractivity contribution in [2.75, 3.05) is 20.2 Å². The first-order valence-corrected chi connectivity index (χ1v) is 9.42. The van der Waals surface area contributed by atoms with Gasteiger partial charge in [-0.25, -0.2) is 4.79 Å². The number of aromatic nitrogens is 1. The average molecular weight is 396 g/mol. The van der Waals surface area contributed by atoms with Gasteiger partial charge in [-0.15, -0.1) is 0 Å². The van der Waals surface area contributed by atoms with Gasteiger partial charge in [-0.1, -0.05) is 12.1 Å². The summed E-state index contributed by atoms with van der Waals surface area (Å²) in [5, 5.41) is 25.2. The molecule has 3 rings (SSSR count). The summed E-state index contributed by atoms with van der Waals surface area (Å²) < 4.78 is 10.6. The smallest absolute Gasteiger partial charge is 0.407 e. The van der Waals surface area contributed by atoms with Gasteiger partial charge in [0.1, 0.15) is 24.0 Å². The van der Waals surface area contributed by atoms with Crippen molar-refractivity contribution in [3.8, 4) is 11.8 Å². The molecule has 1 amide bonds. The normalized spacial score (nSPS) is 20.7. The van der Waals surface area contributed by atoms with Crippen molar-refractivity contribution in [3.05, 3.63) is 59.4 Å². The highest BCUT2D eigenvalue weighted by Gasteiger charge is 2.37. The summed E-state index contributed by atoms with van der Waals surface area (Å²) in [5.74, 6) is 0.772. The lowest BCUT2D eigenvalue weighted by Crippen LogP contribution is -2.41. The molecule has 0 unspecified atom stereocenters. The highest BCUT2D eigenvalue weighted by molar-refractivity contribution is 5.67. The first-order chi connectivity index (χ1) is 14.1. The second kappa shape index (κ2) is 9.87. The van der Waals surface area contributed by atoms with Crippen LogP contribution in [0.25, 0.3) is 0 Å². The molecule has 1 aliphatic rings. The molecule has 29 heavy (non-hydrogen) atoms. The van der Waals surface area contributed by atoms with Gasteiger partial charge in [-0.3, -0.25) is 4.98 Å². The van der Waals surface area contributed by atoms with Gasteiger partial charge in [0.25, 0.3) is 0 Å². The van der Waals surface area contributed by atoms with Crippen molar-refractivity contribution in [2.45, 2.75) is 31.1 Å². The molecule has 1 aromatic heterocycles. The molecule has 152 valence electrons. The molecule has 1 fully saturated rings. The fourth-order valence-electron chi connectivity index (χ4n) is 3.34. The molecule has 0 saturated carbocycles. The van der Waals surface area contributed by atoms with Crippen molar-refractivity contribution < 1.29 is 19.4 Å². The second-order valence-corrected chi connectivity index (χ2v) is 6.83. The number of hydrogen-bond acceptors (Lipinski definition) is 7. The zero-order valence-electron chi connectivity index (χ0n) is 16.2. The summed E-state index contributed by atoms with van der Waals surface area (Å²) in [5.41, 5.74) is 2.34. The molecule has 1 aliphatic heterocycles. The van der Waals surface area contributed by atoms with Crippen LogP contribution in [0.3, 0.4) is 0 Å². The minimum absolute atomic E-state index is 0.186. The predicted octanol–water partition coefficient (Wildman–Crippen LogP) is 1.17. The maximum atomic E-state index is 12.2. The van der Waals surface area contributed by atoms with Crippen LogP contribution in [-0.4, -0.2) is 54.6 Å². The van der Waals surface area contributed by atoms with Crippen molar-refractivity contribution in [1.82, 2.24) is 15.6 Å². The minimum Gasteiger partial charge on any atom is -0.497 e. The third-order valence-electron chi connectivity index (χ3n) is 4.92. The van der Waals surface area contributed by atoms with E-state index in [2.05, 4.69) is 21.7 Å². The zero-order chi connectivity index (χ0) is 20.6. The first-order valence-electron chi connectivity index (χ1n) is 9.42. The maximum Gasteiger partial charge on any atom is 0.407 e. The summed E-state index contributed by atoms with van der Waals surface area (Å²) in [6, 6.07) is 11.3. The van der Waals surface area contributed by atoms with Crippen LogP contribution in [0.5, 0.6) is 5.75 Å². The molecule has 8 nitrogen and oxygen atoms in total. The van der Waals surface area contributed by atoms with Crippen LogP contribution in [0.15, 0.2) is 42.7 Å². The number of aliphatic hydroxyl groups is 1. The number of nitriles is 1. The highest BCUT2D eigenvalue weighted by atomic mass is 16.6. The Labute approximate surface area is 169 Å². The molecular weight excluding hydrogens is 372 g/mol. The Balaban J connectivity index is 1.51. The van der Waals surface area contributed by atoms with Crippen LogP contribution in [0, 0.1) is 11.3 Å². The number of ether oxygens (including phenoxy) is 2. The quantitative estimate of drug-likeness (QED) is 0.643. The van der Waals surface area contributed by atoms with E-state index >= 15 is 0 Å². The van der Waals surface area contributed by atoms with E-state index in [1.807, 2.05) is 24.3 Å². The van der Waals surface area contributed by atoms with Crippen LogP contribution < -0.4 is 15.4 Å². The lowest BCUT2D eigenvalue weighted by molar-refractivity contribution is 0.0191. The van der Waals surface area contributed by atoms with Crippen LogP contribution in [0.2, 0.25) is 0 Å². The van der Waals surface area contributed by atoms with E-state index in [4.69, 9.17) is 14.7 Å². The maximum absolute atomic E-state index is 12.2. The van der Waals surface area contributed by atoms with Crippen molar-refractivity contribution in [3.63, 3.8) is 0 Å². The van der Waals surface area contributed by atoms with Gasteiger partial charge in [-0.05, 0) is 42.2 Å². The third kappa shape index (κ3) is 5.44. The Morgan fingerprint density at radius 1 is 1.38 bits per heavy atom. The highest BCUT2D eigenvalue weighted by Crippen LogP contribution is 2.19. The summed E-state index contributed by atoms with van der Waals surface area (Å²) >= 11 is 0. The van der Waals surface area contributed by atoms with Gasteiger partial charge in [-0.2, -0.15) is 5.26 Å². The lowest BCUT2D eigenvalue weighted by Gasteiger charge is -2.22. The van der Waals surface area contributed by atoms with E-state index in [1.165, 1.54) is 6.20 Å². The monoisotopic (exact) mass is 396 g/mol. The van der Waals surface area contributed by atoms with E-state index in [0.29, 0.717) is 31.5 Å². The number of pyridine rings is 1. The van der Waals surface area contributed by atoms with E-state index < -0.39 is 18.3 Å². The number of rotatable bonds is 7. The van der Waals surface area contributed by atoms with Gasteiger partial charge < -0.3 is 25.2 Å². The summed E-state index contributed by atoms with van der Waals surface area (Å²) in [6.07, 6.45) is 2.20. The van der Waals surface area contributed by atoms with Gasteiger partial charge in [0.15, 0.2) is 0 Å². The van der Waals surface area contributed by atoms with Crippen molar-refractivity contribution in [2.24, 2.45) is 0 Å². The van der Waals surface area contributed by atoms with E-state index in [-0.39, 0.29) is 6.04 Å². The van der Waals surface area contributed by atoms with Crippen LogP contribution in [0.4, 0.5) is 4.79 Å². The number of nitrogens with zero attached hydrogens (tertiary/aromatic N) is 2. The molecule has 3 N–H and O–H groups in total. The zero-order valence-corrected chi connectivity index (χ0v) is 16.2. The largest absolute Gasteiger partial charge is 0.497 e. The number of benzene rings is 1. The number of β-amino-alcohol motifs (C(OH)–C–C–N with tert-alkyl or cyclic N) is 1. The Morgan fingerprint density at radius 3 is 2.90 bits per heavy atom. The number of nitrogens with one attached hydrogen (secondary N) is 2. The number of alkyl carbamates (subject to hydrolysis) is 1. The second-order valence-electron chi connectivity index (χ2n) is 6.83. The molecular formula is C21H24N4O4. The number of carbonyl (C=O) groups is 1. The molecule has 8 heteroatoms. The summed E-state index contributed by atoms with van der Waals surface area (Å²) in [4.78, 5) is 16.1.